The molecule has 0 N–H and O–H groups in total. The highest BCUT2D eigenvalue weighted by atomic mass is 28.4. The fourth-order valence-electron chi connectivity index (χ4n) is 1.40. The Balaban J connectivity index is 3.09. The first-order chi connectivity index (χ1) is 9.33. The van der Waals surface area contributed by atoms with E-state index in [0.717, 1.165) is 0 Å². The quantitative estimate of drug-likeness (QED) is 0.533. The van der Waals surface area contributed by atoms with Gasteiger partial charge in [0.15, 0.2) is 0 Å². The van der Waals surface area contributed by atoms with Crippen molar-refractivity contribution in [1.29, 1.82) is 0 Å². The molecule has 0 radical (unpaired) electrons. The van der Waals surface area contributed by atoms with Crippen LogP contribution in [-0.4, -0.2) is 9.05 Å². The molecule has 0 heterocycles. The summed E-state index contributed by atoms with van der Waals surface area (Å²) in [6.45, 7) is 16.2. The summed E-state index contributed by atoms with van der Waals surface area (Å²) in [4.78, 5) is 0. The first kappa shape index (κ1) is 15.9. The predicted octanol–water partition coefficient (Wildman–Crippen LogP) is 4.15. The van der Waals surface area contributed by atoms with Crippen LogP contribution in [0.2, 0.25) is 0 Å². The topological polar surface area (TPSA) is 36.9 Å². The van der Waals surface area contributed by atoms with Gasteiger partial charge in [-0.3, -0.25) is 0 Å². The molecule has 1 aromatic rings. The van der Waals surface area contributed by atoms with Gasteiger partial charge in [0, 0.05) is 0 Å². The van der Waals surface area contributed by atoms with Gasteiger partial charge in [-0.2, -0.15) is 0 Å². The van der Waals surface area contributed by atoms with E-state index in [4.69, 9.17) is 17.7 Å². The maximum Gasteiger partial charge on any atom is 0.965 e. The van der Waals surface area contributed by atoms with Crippen molar-refractivity contribution in [3.05, 3.63) is 67.3 Å². The van der Waals surface area contributed by atoms with Crippen LogP contribution in [0.25, 0.3) is 0 Å². The Morgan fingerprint density at radius 3 is 1.55 bits per heavy atom. The van der Waals surface area contributed by atoms with E-state index in [2.05, 4.69) is 19.7 Å². The lowest BCUT2D eigenvalue weighted by Crippen LogP contribution is -2.50. The van der Waals surface area contributed by atoms with E-state index in [0.29, 0.717) is 23.0 Å². The minimum absolute atomic E-state index is 0.426. The van der Waals surface area contributed by atoms with Gasteiger partial charge in [-0.1, -0.05) is 37.9 Å². The fraction of sp³-hybridized carbons (Fsp3) is 0.200. The van der Waals surface area contributed by atoms with E-state index in [1.807, 2.05) is 18.2 Å². The normalized spacial score (nSPS) is 10.3. The van der Waals surface area contributed by atoms with Gasteiger partial charge < -0.3 is 17.7 Å². The van der Waals surface area contributed by atoms with Gasteiger partial charge >= 0.3 is 9.05 Å². The smallest absolute Gasteiger partial charge is 0.457 e. The molecule has 0 atom stereocenters. The van der Waals surface area contributed by atoms with Crippen molar-refractivity contribution in [2.45, 2.75) is 20.8 Å². The number of hydrogen-bond donors (Lipinski definition) is 0. The summed E-state index contributed by atoms with van der Waals surface area (Å²) in [5.41, 5.74) is 0. The summed E-state index contributed by atoms with van der Waals surface area (Å²) < 4.78 is 22.7. The summed E-state index contributed by atoms with van der Waals surface area (Å²) in [5.74, 6) is 1.85. The molecule has 0 aliphatic carbocycles. The van der Waals surface area contributed by atoms with Gasteiger partial charge in [-0.25, -0.2) is 0 Å². The molecule has 4 nitrogen and oxygen atoms in total. The van der Waals surface area contributed by atoms with Gasteiger partial charge in [0.05, 0.1) is 17.3 Å². The van der Waals surface area contributed by atoms with Crippen molar-refractivity contribution in [3.63, 3.8) is 0 Å². The second-order valence-corrected chi connectivity index (χ2v) is 6.14. The number of rotatable bonds is 8. The van der Waals surface area contributed by atoms with Crippen LogP contribution in [0, 0.1) is 0 Å². The van der Waals surface area contributed by atoms with Gasteiger partial charge in [-0.15, -0.1) is 0 Å². The van der Waals surface area contributed by atoms with Crippen LogP contribution in [0.1, 0.15) is 20.8 Å². The highest BCUT2D eigenvalue weighted by Gasteiger charge is 2.57. The zero-order valence-corrected chi connectivity index (χ0v) is 13.1. The Hall–Kier alpha value is -2.14. The van der Waals surface area contributed by atoms with E-state index in [9.17, 15) is 0 Å². The Labute approximate surface area is 121 Å². The standard InChI is InChI=1S/C15H20O4Si/c1-12(2)16-20(17-13(3)4,18-14(5)6)19-15-10-8-7-9-11-15/h7-11H,1,3,5H2,2,4,6H3. The maximum absolute atomic E-state index is 5.82. The predicted molar refractivity (Wildman–Crippen MR) is 80.5 cm³/mol. The molecule has 0 spiro atoms. The molecule has 0 aliphatic rings. The number of allylic oxidation sites excluding steroid dienone is 3. The van der Waals surface area contributed by atoms with E-state index in [1.54, 1.807) is 32.9 Å². The molecule has 0 fully saturated rings. The van der Waals surface area contributed by atoms with Crippen molar-refractivity contribution < 1.29 is 17.7 Å². The van der Waals surface area contributed by atoms with Crippen LogP contribution in [-0.2, 0) is 13.3 Å². The lowest BCUT2D eigenvalue weighted by Gasteiger charge is -2.28. The summed E-state index contributed by atoms with van der Waals surface area (Å²) in [6.07, 6.45) is 0. The third-order valence-electron chi connectivity index (χ3n) is 1.88. The van der Waals surface area contributed by atoms with Gasteiger partial charge in [-0.05, 0) is 32.9 Å². The second kappa shape index (κ2) is 6.86. The highest BCUT2D eigenvalue weighted by Crippen LogP contribution is 2.24. The lowest BCUT2D eigenvalue weighted by molar-refractivity contribution is 0.0690. The summed E-state index contributed by atoms with van der Waals surface area (Å²) >= 11 is 0. The number of hydrogen-bond acceptors (Lipinski definition) is 4. The molecule has 0 amide bonds. The molecule has 0 aliphatic heterocycles. The number of benzene rings is 1. The molecule has 1 aromatic carbocycles. The summed E-state index contributed by atoms with van der Waals surface area (Å²) in [5, 5.41) is 0. The largest absolute Gasteiger partial charge is 0.965 e. The monoisotopic (exact) mass is 292 g/mol. The third-order valence-corrected chi connectivity index (χ3v) is 4.16. The van der Waals surface area contributed by atoms with E-state index < -0.39 is 9.05 Å². The first-order valence-corrected chi connectivity index (χ1v) is 7.74. The average Bonchev–Trinajstić information content (AvgIpc) is 2.26. The van der Waals surface area contributed by atoms with Gasteiger partial charge in [0.2, 0.25) is 0 Å². The maximum atomic E-state index is 5.82. The van der Waals surface area contributed by atoms with Crippen molar-refractivity contribution in [1.82, 2.24) is 0 Å². The third kappa shape index (κ3) is 5.24. The highest BCUT2D eigenvalue weighted by molar-refractivity contribution is 6.55. The van der Waals surface area contributed by atoms with Crippen LogP contribution in [0.15, 0.2) is 67.3 Å². The molecule has 5 heteroatoms. The summed E-state index contributed by atoms with van der Waals surface area (Å²) in [6, 6.07) is 9.14. The number of para-hydroxylation sites is 1. The Bertz CT molecular complexity index is 455. The molecule has 20 heavy (non-hydrogen) atoms. The van der Waals surface area contributed by atoms with Crippen LogP contribution in [0.5, 0.6) is 5.75 Å². The van der Waals surface area contributed by atoms with Gasteiger partial charge in [0.1, 0.15) is 5.75 Å². The zero-order chi connectivity index (χ0) is 15.2. The fourth-order valence-corrected chi connectivity index (χ4v) is 3.35. The molecule has 0 aromatic heterocycles. The van der Waals surface area contributed by atoms with E-state index in [-0.39, 0.29) is 0 Å². The Kier molecular flexibility index (Phi) is 5.46. The molecule has 108 valence electrons. The lowest BCUT2D eigenvalue weighted by atomic mass is 10.3. The van der Waals surface area contributed by atoms with Crippen molar-refractivity contribution in [3.8, 4) is 5.75 Å². The molecule has 1 rings (SSSR count). The Morgan fingerprint density at radius 1 is 0.800 bits per heavy atom. The SMILES string of the molecule is C=C(C)O[Si](OC(=C)C)(OC(=C)C)Oc1ccccc1. The van der Waals surface area contributed by atoms with Gasteiger partial charge in [0.25, 0.3) is 0 Å². The molecular formula is C15H20O4Si. The van der Waals surface area contributed by atoms with Crippen molar-refractivity contribution >= 4 is 9.05 Å². The minimum Gasteiger partial charge on any atom is -0.457 e. The first-order valence-electron chi connectivity index (χ1n) is 6.10. The van der Waals surface area contributed by atoms with Crippen LogP contribution < -0.4 is 4.43 Å². The minimum atomic E-state index is -3.52. The molecule has 0 unspecified atom stereocenters. The van der Waals surface area contributed by atoms with Crippen LogP contribution in [0.3, 0.4) is 0 Å². The average molecular weight is 292 g/mol. The Morgan fingerprint density at radius 2 is 1.20 bits per heavy atom. The molecule has 0 saturated heterocycles. The summed E-state index contributed by atoms with van der Waals surface area (Å²) in [7, 11) is -3.52. The van der Waals surface area contributed by atoms with Crippen molar-refractivity contribution in [2.75, 3.05) is 0 Å². The van der Waals surface area contributed by atoms with E-state index >= 15 is 0 Å². The zero-order valence-electron chi connectivity index (χ0n) is 12.1. The molecule has 0 bridgehead atoms. The van der Waals surface area contributed by atoms with E-state index in [1.165, 1.54) is 0 Å². The van der Waals surface area contributed by atoms with Crippen molar-refractivity contribution in [2.24, 2.45) is 0 Å². The van der Waals surface area contributed by atoms with Crippen LogP contribution >= 0.6 is 0 Å². The molecule has 0 saturated carbocycles. The second-order valence-electron chi connectivity index (χ2n) is 4.33. The van der Waals surface area contributed by atoms with Crippen LogP contribution in [0.4, 0.5) is 0 Å². The molecular weight excluding hydrogens is 272 g/mol.